The molecule has 0 aromatic rings. The molecular formula is C11H20N2O2S2. The summed E-state index contributed by atoms with van der Waals surface area (Å²) in [6.07, 6.45) is 2.31. The second kappa shape index (κ2) is 6.75. The van der Waals surface area contributed by atoms with Crippen LogP contribution < -0.4 is 10.6 Å². The predicted molar refractivity (Wildman–Crippen MR) is 72.8 cm³/mol. The van der Waals surface area contributed by atoms with Gasteiger partial charge in [0.15, 0.2) is 0 Å². The minimum atomic E-state index is -0.649. The molecule has 2 aliphatic heterocycles. The standard InChI is InChI=1S/C11H20N2O2S2/c14-11(7-10-8-16-4-3-12-10)13-9-1-5-17(15)6-2-9/h9-10,12H,1-8H2,(H,13,14). The van der Waals surface area contributed by atoms with Crippen molar-refractivity contribution in [3.63, 3.8) is 0 Å². The molecule has 0 spiro atoms. The number of amides is 1. The summed E-state index contributed by atoms with van der Waals surface area (Å²) in [6.45, 7) is 1.00. The third-order valence-electron chi connectivity index (χ3n) is 3.18. The molecule has 17 heavy (non-hydrogen) atoms. The first-order chi connectivity index (χ1) is 8.24. The number of thioether (sulfide) groups is 1. The van der Waals surface area contributed by atoms with E-state index in [1.807, 2.05) is 11.8 Å². The summed E-state index contributed by atoms with van der Waals surface area (Å²) in [6, 6.07) is 0.572. The number of rotatable bonds is 3. The van der Waals surface area contributed by atoms with Crippen LogP contribution in [0.3, 0.4) is 0 Å². The van der Waals surface area contributed by atoms with Crippen LogP contribution in [-0.2, 0) is 15.6 Å². The van der Waals surface area contributed by atoms with Crippen molar-refractivity contribution in [3.05, 3.63) is 0 Å². The van der Waals surface area contributed by atoms with Crippen LogP contribution in [0.2, 0.25) is 0 Å². The minimum Gasteiger partial charge on any atom is -0.353 e. The van der Waals surface area contributed by atoms with Crippen LogP contribution in [0.5, 0.6) is 0 Å². The van der Waals surface area contributed by atoms with Crippen molar-refractivity contribution in [1.29, 1.82) is 0 Å². The minimum absolute atomic E-state index is 0.141. The highest BCUT2D eigenvalue weighted by molar-refractivity contribution is 7.99. The molecule has 2 rings (SSSR count). The van der Waals surface area contributed by atoms with Crippen LogP contribution in [0.15, 0.2) is 0 Å². The van der Waals surface area contributed by atoms with Gasteiger partial charge in [0.2, 0.25) is 5.91 Å². The topological polar surface area (TPSA) is 58.2 Å². The van der Waals surface area contributed by atoms with E-state index in [0.717, 1.165) is 42.4 Å². The zero-order chi connectivity index (χ0) is 12.1. The van der Waals surface area contributed by atoms with E-state index in [2.05, 4.69) is 10.6 Å². The van der Waals surface area contributed by atoms with Gasteiger partial charge in [-0.2, -0.15) is 11.8 Å². The lowest BCUT2D eigenvalue weighted by atomic mass is 10.1. The van der Waals surface area contributed by atoms with Crippen molar-refractivity contribution < 1.29 is 9.00 Å². The van der Waals surface area contributed by atoms with Crippen molar-refractivity contribution in [1.82, 2.24) is 10.6 Å². The molecule has 6 heteroatoms. The van der Waals surface area contributed by atoms with Crippen molar-refractivity contribution in [3.8, 4) is 0 Å². The second-order valence-electron chi connectivity index (χ2n) is 4.62. The van der Waals surface area contributed by atoms with Gasteiger partial charge >= 0.3 is 0 Å². The van der Waals surface area contributed by atoms with E-state index in [0.29, 0.717) is 12.5 Å². The predicted octanol–water partition coefficient (Wildman–Crippen LogP) is 0.109. The molecule has 2 heterocycles. The van der Waals surface area contributed by atoms with Gasteiger partial charge in [-0.1, -0.05) is 0 Å². The van der Waals surface area contributed by atoms with Gasteiger partial charge in [-0.25, -0.2) is 0 Å². The van der Waals surface area contributed by atoms with Crippen molar-refractivity contribution in [2.75, 3.05) is 29.6 Å². The molecule has 0 aromatic heterocycles. The van der Waals surface area contributed by atoms with Gasteiger partial charge in [0.05, 0.1) is 0 Å². The maximum Gasteiger partial charge on any atom is 0.221 e. The normalized spacial score (nSPS) is 34.2. The van der Waals surface area contributed by atoms with E-state index >= 15 is 0 Å². The van der Waals surface area contributed by atoms with E-state index in [1.165, 1.54) is 0 Å². The third-order valence-corrected chi connectivity index (χ3v) is 5.70. The van der Waals surface area contributed by atoms with Crippen LogP contribution in [0.1, 0.15) is 19.3 Å². The molecule has 0 saturated carbocycles. The number of carbonyl (C=O) groups excluding carboxylic acids is 1. The monoisotopic (exact) mass is 276 g/mol. The molecule has 0 radical (unpaired) electrons. The van der Waals surface area contributed by atoms with E-state index in [9.17, 15) is 9.00 Å². The van der Waals surface area contributed by atoms with Crippen LogP contribution in [0.25, 0.3) is 0 Å². The van der Waals surface area contributed by atoms with Crippen LogP contribution in [0.4, 0.5) is 0 Å². The SMILES string of the molecule is O=C(CC1CSCCN1)NC1CCS(=O)CC1. The Morgan fingerprint density at radius 2 is 2.18 bits per heavy atom. The van der Waals surface area contributed by atoms with E-state index in [1.54, 1.807) is 0 Å². The summed E-state index contributed by atoms with van der Waals surface area (Å²) >= 11 is 1.91. The molecule has 1 atom stereocenters. The Balaban J connectivity index is 1.67. The van der Waals surface area contributed by atoms with Crippen molar-refractivity contribution in [2.45, 2.75) is 31.3 Å². The second-order valence-corrected chi connectivity index (χ2v) is 7.47. The smallest absolute Gasteiger partial charge is 0.221 e. The fraction of sp³-hybridized carbons (Fsp3) is 0.909. The Labute approximate surface area is 109 Å². The molecule has 2 fully saturated rings. The Kier molecular flexibility index (Phi) is 5.31. The summed E-state index contributed by atoms with van der Waals surface area (Å²) in [5.74, 6) is 3.79. The van der Waals surface area contributed by atoms with E-state index in [-0.39, 0.29) is 11.9 Å². The molecular weight excluding hydrogens is 256 g/mol. The average Bonchev–Trinajstić information content (AvgIpc) is 2.33. The van der Waals surface area contributed by atoms with Crippen LogP contribution in [-0.4, -0.2) is 51.8 Å². The first kappa shape index (κ1) is 13.4. The summed E-state index contributed by atoms with van der Waals surface area (Å²) in [5, 5.41) is 6.43. The number of hydrogen-bond acceptors (Lipinski definition) is 4. The lowest BCUT2D eigenvalue weighted by molar-refractivity contribution is -0.122. The lowest BCUT2D eigenvalue weighted by Crippen LogP contribution is -2.45. The van der Waals surface area contributed by atoms with Crippen molar-refractivity contribution >= 4 is 28.5 Å². The molecule has 0 aliphatic carbocycles. The Morgan fingerprint density at radius 3 is 2.82 bits per heavy atom. The quantitative estimate of drug-likeness (QED) is 0.768. The fourth-order valence-corrected chi connectivity index (χ4v) is 4.45. The van der Waals surface area contributed by atoms with Gasteiger partial charge in [0.1, 0.15) is 0 Å². The zero-order valence-electron chi connectivity index (χ0n) is 9.94. The van der Waals surface area contributed by atoms with E-state index < -0.39 is 10.8 Å². The molecule has 1 unspecified atom stereocenters. The zero-order valence-corrected chi connectivity index (χ0v) is 11.6. The highest BCUT2D eigenvalue weighted by Gasteiger charge is 2.22. The first-order valence-electron chi connectivity index (χ1n) is 6.19. The third kappa shape index (κ3) is 4.60. The molecule has 2 saturated heterocycles. The van der Waals surface area contributed by atoms with Crippen molar-refractivity contribution in [2.24, 2.45) is 0 Å². The number of carbonyl (C=O) groups is 1. The molecule has 2 N–H and O–H groups in total. The molecule has 0 aromatic carbocycles. The summed E-state index contributed by atoms with van der Waals surface area (Å²) < 4.78 is 11.2. The van der Waals surface area contributed by atoms with Gasteiger partial charge in [-0.15, -0.1) is 0 Å². The molecule has 0 bridgehead atoms. The number of hydrogen-bond donors (Lipinski definition) is 2. The first-order valence-corrected chi connectivity index (χ1v) is 8.84. The summed E-state index contributed by atoms with van der Waals surface area (Å²) in [4.78, 5) is 11.8. The molecule has 2 aliphatic rings. The highest BCUT2D eigenvalue weighted by atomic mass is 32.2. The molecule has 1 amide bonds. The largest absolute Gasteiger partial charge is 0.353 e. The number of nitrogens with one attached hydrogen (secondary N) is 2. The van der Waals surface area contributed by atoms with Gasteiger partial charge < -0.3 is 10.6 Å². The maximum atomic E-state index is 11.8. The fourth-order valence-electron chi connectivity index (χ4n) is 2.20. The van der Waals surface area contributed by atoms with Crippen LogP contribution in [0, 0.1) is 0 Å². The average molecular weight is 276 g/mol. The Bertz CT molecular complexity index is 283. The van der Waals surface area contributed by atoms with Crippen LogP contribution >= 0.6 is 11.8 Å². The molecule has 4 nitrogen and oxygen atoms in total. The Hall–Kier alpha value is -0.0700. The van der Waals surface area contributed by atoms with Gasteiger partial charge in [0.25, 0.3) is 0 Å². The maximum absolute atomic E-state index is 11.8. The lowest BCUT2D eigenvalue weighted by Gasteiger charge is -2.26. The molecule has 98 valence electrons. The summed E-state index contributed by atoms with van der Waals surface area (Å²) in [5.41, 5.74) is 0. The highest BCUT2D eigenvalue weighted by Crippen LogP contribution is 2.12. The van der Waals surface area contributed by atoms with E-state index in [4.69, 9.17) is 0 Å². The van der Waals surface area contributed by atoms with Gasteiger partial charge in [0, 0.05) is 58.9 Å². The summed E-state index contributed by atoms with van der Waals surface area (Å²) in [7, 11) is -0.649. The van der Waals surface area contributed by atoms with Gasteiger partial charge in [-0.05, 0) is 12.8 Å². The van der Waals surface area contributed by atoms with Gasteiger partial charge in [-0.3, -0.25) is 9.00 Å². The Morgan fingerprint density at radius 1 is 1.41 bits per heavy atom.